The summed E-state index contributed by atoms with van der Waals surface area (Å²) in [6, 6.07) is -0.110. The number of hydrogen-bond acceptors (Lipinski definition) is 3. The van der Waals surface area contributed by atoms with Crippen LogP contribution in [-0.2, 0) is 14.4 Å². The average molecular weight is 281 g/mol. The van der Waals surface area contributed by atoms with Crippen LogP contribution >= 0.6 is 0 Å². The number of aliphatic carboxylic acids is 1. The van der Waals surface area contributed by atoms with E-state index in [2.05, 4.69) is 0 Å². The van der Waals surface area contributed by atoms with Crippen LogP contribution in [0.3, 0.4) is 0 Å². The Bertz CT molecular complexity index is 398. The fourth-order valence-electron chi connectivity index (χ4n) is 3.42. The number of amides is 2. The summed E-state index contributed by atoms with van der Waals surface area (Å²) in [6.07, 6.45) is 4.66. The number of hydrogen-bond donors (Lipinski definition) is 1. The minimum absolute atomic E-state index is 0.00344. The second-order valence-corrected chi connectivity index (χ2v) is 6.21. The zero-order valence-corrected chi connectivity index (χ0v) is 12.2. The molecule has 1 aliphatic carbocycles. The monoisotopic (exact) mass is 281 g/mol. The van der Waals surface area contributed by atoms with Crippen LogP contribution in [0.1, 0.15) is 52.4 Å². The summed E-state index contributed by atoms with van der Waals surface area (Å²) < 4.78 is 0. The summed E-state index contributed by atoms with van der Waals surface area (Å²) in [5, 5.41) is 8.83. The number of fused-ring (bicyclic) bond motifs is 1. The summed E-state index contributed by atoms with van der Waals surface area (Å²) in [4.78, 5) is 36.7. The van der Waals surface area contributed by atoms with Gasteiger partial charge in [-0.25, -0.2) is 0 Å². The smallest absolute Gasteiger partial charge is 0.306 e. The summed E-state index contributed by atoms with van der Waals surface area (Å²) in [6.45, 7) is 3.58. The van der Waals surface area contributed by atoms with Gasteiger partial charge in [0.15, 0.2) is 0 Å². The van der Waals surface area contributed by atoms with E-state index in [1.165, 1.54) is 4.90 Å². The topological polar surface area (TPSA) is 74.7 Å². The third-order valence-corrected chi connectivity index (χ3v) is 4.75. The van der Waals surface area contributed by atoms with Crippen molar-refractivity contribution in [1.29, 1.82) is 0 Å². The Hall–Kier alpha value is -1.39. The number of carboxylic acids is 1. The second-order valence-electron chi connectivity index (χ2n) is 6.21. The molecule has 0 spiro atoms. The summed E-state index contributed by atoms with van der Waals surface area (Å²) >= 11 is 0. The van der Waals surface area contributed by atoms with Gasteiger partial charge in [0.2, 0.25) is 11.8 Å². The van der Waals surface area contributed by atoms with Crippen LogP contribution < -0.4 is 0 Å². The molecule has 4 unspecified atom stereocenters. The quantitative estimate of drug-likeness (QED) is 0.756. The minimum Gasteiger partial charge on any atom is -0.481 e. The van der Waals surface area contributed by atoms with Gasteiger partial charge in [0.25, 0.3) is 0 Å². The van der Waals surface area contributed by atoms with Crippen molar-refractivity contribution in [2.45, 2.75) is 58.4 Å². The maximum atomic E-state index is 12.3. The number of likely N-dealkylation sites (tertiary alicyclic amines) is 1. The zero-order chi connectivity index (χ0) is 14.9. The molecule has 5 heteroatoms. The van der Waals surface area contributed by atoms with Gasteiger partial charge in [-0.15, -0.1) is 0 Å². The molecule has 1 N–H and O–H groups in total. The summed E-state index contributed by atoms with van der Waals surface area (Å²) in [5.41, 5.74) is 0. The number of carboxylic acid groups (broad SMARTS) is 1. The minimum atomic E-state index is -0.791. The highest BCUT2D eigenvalue weighted by Crippen LogP contribution is 2.40. The zero-order valence-electron chi connectivity index (χ0n) is 12.2. The molecule has 2 rings (SSSR count). The Kier molecular flexibility index (Phi) is 4.45. The molecular weight excluding hydrogens is 258 g/mol. The first-order valence-electron chi connectivity index (χ1n) is 7.53. The van der Waals surface area contributed by atoms with Gasteiger partial charge in [0.05, 0.1) is 17.8 Å². The third-order valence-electron chi connectivity index (χ3n) is 4.75. The average Bonchev–Trinajstić information content (AvgIpc) is 2.94. The highest BCUT2D eigenvalue weighted by Gasteiger charge is 2.50. The predicted molar refractivity (Wildman–Crippen MR) is 72.8 cm³/mol. The van der Waals surface area contributed by atoms with Gasteiger partial charge in [-0.2, -0.15) is 0 Å². The molecule has 0 radical (unpaired) electrons. The molecular formula is C15H23NO4. The molecule has 1 heterocycles. The Morgan fingerprint density at radius 3 is 2.25 bits per heavy atom. The van der Waals surface area contributed by atoms with Gasteiger partial charge in [-0.1, -0.05) is 19.8 Å². The van der Waals surface area contributed by atoms with Gasteiger partial charge in [0.1, 0.15) is 0 Å². The molecule has 1 aliphatic heterocycles. The van der Waals surface area contributed by atoms with E-state index in [1.807, 2.05) is 6.92 Å². The molecule has 1 saturated heterocycles. The molecule has 1 saturated carbocycles. The predicted octanol–water partition coefficient (Wildman–Crippen LogP) is 2.05. The molecule has 5 nitrogen and oxygen atoms in total. The van der Waals surface area contributed by atoms with Gasteiger partial charge in [-0.3, -0.25) is 19.3 Å². The Morgan fingerprint density at radius 1 is 1.20 bits per heavy atom. The lowest BCUT2D eigenvalue weighted by molar-refractivity contribution is -0.144. The van der Waals surface area contributed by atoms with Gasteiger partial charge in [-0.05, 0) is 32.6 Å². The number of nitrogens with zero attached hydrogens (tertiary/aromatic N) is 1. The molecule has 4 atom stereocenters. The van der Waals surface area contributed by atoms with E-state index in [9.17, 15) is 14.4 Å². The van der Waals surface area contributed by atoms with E-state index in [4.69, 9.17) is 5.11 Å². The number of rotatable bonds is 6. The summed E-state index contributed by atoms with van der Waals surface area (Å²) in [5.74, 6) is -1.33. The van der Waals surface area contributed by atoms with Crippen molar-refractivity contribution in [3.05, 3.63) is 0 Å². The van der Waals surface area contributed by atoms with Crippen molar-refractivity contribution < 1.29 is 19.5 Å². The van der Waals surface area contributed by atoms with Crippen molar-refractivity contribution in [2.75, 3.05) is 0 Å². The van der Waals surface area contributed by atoms with E-state index < -0.39 is 5.97 Å². The first-order chi connectivity index (χ1) is 9.43. The molecule has 0 bridgehead atoms. The first kappa shape index (κ1) is 15.0. The third kappa shape index (κ3) is 2.72. The number of imide groups is 1. The van der Waals surface area contributed by atoms with Gasteiger partial charge < -0.3 is 5.11 Å². The van der Waals surface area contributed by atoms with Crippen LogP contribution in [0, 0.1) is 17.8 Å². The van der Waals surface area contributed by atoms with E-state index >= 15 is 0 Å². The maximum Gasteiger partial charge on any atom is 0.306 e. The Morgan fingerprint density at radius 2 is 1.75 bits per heavy atom. The van der Waals surface area contributed by atoms with Gasteiger partial charge in [0, 0.05) is 6.04 Å². The van der Waals surface area contributed by atoms with E-state index in [0.717, 1.165) is 25.7 Å². The van der Waals surface area contributed by atoms with E-state index in [1.54, 1.807) is 6.92 Å². The van der Waals surface area contributed by atoms with Crippen LogP contribution in [0.15, 0.2) is 0 Å². The number of carbonyl (C=O) groups is 3. The lowest BCUT2D eigenvalue weighted by Crippen LogP contribution is -2.39. The van der Waals surface area contributed by atoms with E-state index in [-0.39, 0.29) is 35.6 Å². The molecule has 20 heavy (non-hydrogen) atoms. The molecule has 2 fully saturated rings. The van der Waals surface area contributed by atoms with Crippen molar-refractivity contribution in [3.63, 3.8) is 0 Å². The SMILES string of the molecule is CC(CCCC(C)N1C(=O)C2CCCC2C1=O)C(=O)O. The van der Waals surface area contributed by atoms with Crippen LogP contribution in [-0.4, -0.2) is 33.8 Å². The molecule has 112 valence electrons. The Balaban J connectivity index is 1.87. The molecule has 0 aromatic heterocycles. The molecule has 0 aromatic carbocycles. The van der Waals surface area contributed by atoms with Crippen LogP contribution in [0.4, 0.5) is 0 Å². The summed E-state index contributed by atoms with van der Waals surface area (Å²) in [7, 11) is 0. The van der Waals surface area contributed by atoms with Crippen molar-refractivity contribution >= 4 is 17.8 Å². The standard InChI is InChI=1S/C15H23NO4/c1-9(15(19)20)5-3-6-10(2)16-13(17)11-7-4-8-12(11)14(16)18/h9-12H,3-8H2,1-2H3,(H,19,20). The first-order valence-corrected chi connectivity index (χ1v) is 7.53. The highest BCUT2D eigenvalue weighted by atomic mass is 16.4. The largest absolute Gasteiger partial charge is 0.481 e. The number of carbonyl (C=O) groups excluding carboxylic acids is 2. The lowest BCUT2D eigenvalue weighted by Gasteiger charge is -2.24. The fourth-order valence-corrected chi connectivity index (χ4v) is 3.42. The molecule has 2 amide bonds. The Labute approximate surface area is 119 Å². The van der Waals surface area contributed by atoms with Crippen molar-refractivity contribution in [1.82, 2.24) is 4.90 Å². The molecule has 0 aromatic rings. The highest BCUT2D eigenvalue weighted by molar-refractivity contribution is 6.05. The van der Waals surface area contributed by atoms with Gasteiger partial charge >= 0.3 is 5.97 Å². The molecule has 2 aliphatic rings. The van der Waals surface area contributed by atoms with Crippen LogP contribution in [0.25, 0.3) is 0 Å². The van der Waals surface area contributed by atoms with Crippen molar-refractivity contribution in [3.8, 4) is 0 Å². The normalized spacial score (nSPS) is 28.6. The van der Waals surface area contributed by atoms with E-state index in [0.29, 0.717) is 12.8 Å². The lowest BCUT2D eigenvalue weighted by atomic mass is 10.00. The van der Waals surface area contributed by atoms with Crippen LogP contribution in [0.5, 0.6) is 0 Å². The fraction of sp³-hybridized carbons (Fsp3) is 0.800. The van der Waals surface area contributed by atoms with Crippen molar-refractivity contribution in [2.24, 2.45) is 17.8 Å². The van der Waals surface area contributed by atoms with Crippen LogP contribution in [0.2, 0.25) is 0 Å². The maximum absolute atomic E-state index is 12.3. The second kappa shape index (κ2) is 5.94.